The molecule has 2 aromatic carbocycles. The van der Waals surface area contributed by atoms with Crippen molar-refractivity contribution in [2.75, 3.05) is 28.2 Å². The highest BCUT2D eigenvalue weighted by Crippen LogP contribution is 2.54. The first kappa shape index (κ1) is 27.5. The lowest BCUT2D eigenvalue weighted by molar-refractivity contribution is -0.938. The Morgan fingerprint density at radius 1 is 0.705 bits per heavy atom. The maximum Gasteiger partial charge on any atom is 0.321 e. The Bertz CT molecular complexity index is 1490. The molecular weight excluding hydrogens is 556 g/mol. The van der Waals surface area contributed by atoms with E-state index in [-0.39, 0.29) is 24.1 Å². The van der Waals surface area contributed by atoms with Crippen LogP contribution >= 0.6 is 0 Å². The summed E-state index contributed by atoms with van der Waals surface area (Å²) in [5, 5.41) is 0. The van der Waals surface area contributed by atoms with Gasteiger partial charge in [0, 0.05) is 25.7 Å². The Hall–Kier alpha value is -2.78. The molecule has 0 saturated carbocycles. The second kappa shape index (κ2) is 9.15. The van der Waals surface area contributed by atoms with E-state index in [1.165, 1.54) is 0 Å². The molecule has 1 aliphatic carbocycles. The van der Waals surface area contributed by atoms with Crippen LogP contribution in [-0.4, -0.2) is 110 Å². The fraction of sp³-hybridized carbons (Fsp3) is 0.611. The van der Waals surface area contributed by atoms with Crippen molar-refractivity contribution in [3.63, 3.8) is 0 Å². The lowest BCUT2D eigenvalue weighted by atomic mass is 9.63. The van der Waals surface area contributed by atoms with Gasteiger partial charge in [0.1, 0.15) is 66.2 Å². The molecule has 6 fully saturated rings. The molecule has 4 bridgehead atoms. The van der Waals surface area contributed by atoms with Crippen LogP contribution in [0, 0.1) is 0 Å². The van der Waals surface area contributed by atoms with Crippen LogP contribution in [0.3, 0.4) is 0 Å². The number of ether oxygens (including phenoxy) is 4. The predicted octanol–water partition coefficient (Wildman–Crippen LogP) is 3.45. The third-order valence-corrected chi connectivity index (χ3v) is 13.1. The molecule has 9 rings (SSSR count). The normalized spacial score (nSPS) is 44.5. The number of carbonyl (C=O) groups excluding carboxylic acids is 2. The highest BCUT2D eigenvalue weighted by atomic mass is 16.6. The highest BCUT2D eigenvalue weighted by Gasteiger charge is 2.72. The first-order chi connectivity index (χ1) is 21.1. The van der Waals surface area contributed by atoms with E-state index in [2.05, 4.69) is 28.2 Å². The van der Waals surface area contributed by atoms with Crippen LogP contribution in [0.25, 0.3) is 0 Å². The minimum absolute atomic E-state index is 0.0856. The number of quaternary nitrogens is 2. The zero-order valence-corrected chi connectivity index (χ0v) is 26.1. The maximum atomic E-state index is 14.6. The quantitative estimate of drug-likeness (QED) is 0.297. The number of hydrogen-bond donors (Lipinski definition) is 0. The van der Waals surface area contributed by atoms with Crippen LogP contribution < -0.4 is 0 Å². The fourth-order valence-electron chi connectivity index (χ4n) is 10.5. The average Bonchev–Trinajstić information content (AvgIpc) is 3.91. The number of rotatable bonds is 5. The summed E-state index contributed by atoms with van der Waals surface area (Å²) in [7, 11) is 9.16. The molecule has 12 atom stereocenters. The number of hydrogen-bond acceptors (Lipinski definition) is 6. The Kier molecular flexibility index (Phi) is 5.72. The van der Waals surface area contributed by atoms with Gasteiger partial charge in [-0.3, -0.25) is 9.59 Å². The molecule has 0 radical (unpaired) electrons. The molecule has 8 heteroatoms. The summed E-state index contributed by atoms with van der Waals surface area (Å²) in [5.41, 5.74) is 1.72. The topological polar surface area (TPSA) is 77.7 Å². The van der Waals surface area contributed by atoms with Gasteiger partial charge in [0.05, 0.1) is 34.1 Å². The molecule has 0 aromatic heterocycles. The number of epoxide rings is 2. The van der Waals surface area contributed by atoms with Crippen molar-refractivity contribution in [3.8, 4) is 0 Å². The lowest BCUT2D eigenvalue weighted by Gasteiger charge is -2.46. The summed E-state index contributed by atoms with van der Waals surface area (Å²) in [4.78, 5) is 28.6. The van der Waals surface area contributed by atoms with E-state index in [0.29, 0.717) is 61.4 Å². The van der Waals surface area contributed by atoms with Crippen molar-refractivity contribution in [1.29, 1.82) is 0 Å². The van der Waals surface area contributed by atoms with E-state index in [4.69, 9.17) is 18.9 Å². The number of nitrogens with zero attached hydrogens (tertiary/aromatic N) is 2. The Labute approximate surface area is 259 Å². The lowest BCUT2D eigenvalue weighted by Crippen LogP contribution is -2.60. The van der Waals surface area contributed by atoms with Gasteiger partial charge in [0.2, 0.25) is 0 Å². The van der Waals surface area contributed by atoms with Crippen LogP contribution in [0.2, 0.25) is 0 Å². The van der Waals surface area contributed by atoms with Gasteiger partial charge in [0.25, 0.3) is 0 Å². The number of piperidine rings is 2. The van der Waals surface area contributed by atoms with Gasteiger partial charge in [-0.25, -0.2) is 0 Å². The van der Waals surface area contributed by atoms with Crippen molar-refractivity contribution in [3.05, 3.63) is 71.3 Å². The Morgan fingerprint density at radius 2 is 1.20 bits per heavy atom. The SMILES string of the molecule is C[N+]1(C)[C@@H]2CC(OC(=O)[C@]3(c4ccccc4)CC[C@@H](C(=O)OC4C[C@@H]5[C@H]6O[C@@H]6[C@H](C4)[N+]5(C)C)c4ccccc43)C[C@@H]1[C@H]1O[C@H]12. The molecule has 0 N–H and O–H groups in total. The second-order valence-electron chi connectivity index (χ2n) is 15.6. The Balaban J connectivity index is 0.998. The molecular formula is C36H44N2O6+2. The molecule has 232 valence electrons. The van der Waals surface area contributed by atoms with Gasteiger partial charge < -0.3 is 27.9 Å². The van der Waals surface area contributed by atoms with Crippen LogP contribution in [0.1, 0.15) is 61.1 Å². The van der Waals surface area contributed by atoms with Crippen LogP contribution in [-0.2, 0) is 34.0 Å². The fourth-order valence-corrected chi connectivity index (χ4v) is 10.5. The monoisotopic (exact) mass is 600 g/mol. The molecule has 8 nitrogen and oxygen atoms in total. The van der Waals surface area contributed by atoms with E-state index in [0.717, 1.165) is 51.3 Å². The molecule has 6 saturated heterocycles. The molecule has 6 aliphatic heterocycles. The van der Waals surface area contributed by atoms with Crippen LogP contribution in [0.15, 0.2) is 54.6 Å². The van der Waals surface area contributed by atoms with Gasteiger partial charge in [0.15, 0.2) is 0 Å². The van der Waals surface area contributed by atoms with Crippen molar-refractivity contribution in [2.45, 2.75) is 111 Å². The van der Waals surface area contributed by atoms with Gasteiger partial charge in [-0.05, 0) is 29.5 Å². The number of carbonyl (C=O) groups is 2. The summed E-state index contributed by atoms with van der Waals surface area (Å²) in [6.07, 6.45) is 5.38. The van der Waals surface area contributed by atoms with Gasteiger partial charge in [-0.1, -0.05) is 54.6 Å². The minimum atomic E-state index is -0.973. The summed E-state index contributed by atoms with van der Waals surface area (Å²) in [6.45, 7) is 0. The summed E-state index contributed by atoms with van der Waals surface area (Å²) in [5.74, 6) is -0.768. The molecule has 2 aromatic rings. The summed E-state index contributed by atoms with van der Waals surface area (Å²) < 4.78 is 26.7. The van der Waals surface area contributed by atoms with Crippen LogP contribution in [0.5, 0.6) is 0 Å². The molecule has 7 aliphatic rings. The largest absolute Gasteiger partial charge is 0.461 e. The van der Waals surface area contributed by atoms with E-state index >= 15 is 0 Å². The highest BCUT2D eigenvalue weighted by molar-refractivity contribution is 5.91. The van der Waals surface area contributed by atoms with E-state index in [1.54, 1.807) is 0 Å². The minimum Gasteiger partial charge on any atom is -0.461 e. The standard InChI is InChI=1S/C36H44N2O6/c1-37(2)26-16-21(17-27(37)31-30(26)43-31)41-34(39)24-14-15-36(20-10-6-5-7-11-20,25-13-9-8-12-23(24)25)35(40)42-22-18-28-32-33(44-32)29(19-22)38(28,3)4/h5-13,21-22,24,26-33H,14-19H2,1-4H3/q+2/t21?,22?,24-,26-,27+,28-,29-,30-,31-,32-,33+,36+/m1/s1. The van der Waals surface area contributed by atoms with Gasteiger partial charge in [-0.15, -0.1) is 0 Å². The summed E-state index contributed by atoms with van der Waals surface area (Å²) >= 11 is 0. The number of fused-ring (bicyclic) bond motifs is 11. The van der Waals surface area contributed by atoms with Crippen molar-refractivity contribution >= 4 is 11.9 Å². The van der Waals surface area contributed by atoms with Crippen molar-refractivity contribution in [2.24, 2.45) is 0 Å². The molecule has 2 unspecified atom stereocenters. The second-order valence-corrected chi connectivity index (χ2v) is 15.6. The van der Waals surface area contributed by atoms with E-state index in [1.807, 2.05) is 54.6 Å². The first-order valence-electron chi connectivity index (χ1n) is 16.6. The van der Waals surface area contributed by atoms with Crippen molar-refractivity contribution in [1.82, 2.24) is 0 Å². The predicted molar refractivity (Wildman–Crippen MR) is 161 cm³/mol. The number of likely N-dealkylation sites (N-methyl/N-ethyl adjacent to an activating group) is 2. The third kappa shape index (κ3) is 3.71. The number of morpholine rings is 2. The zero-order chi connectivity index (χ0) is 30.2. The van der Waals surface area contributed by atoms with E-state index < -0.39 is 11.3 Å². The van der Waals surface area contributed by atoms with Gasteiger partial charge >= 0.3 is 11.9 Å². The first-order valence-corrected chi connectivity index (χ1v) is 16.6. The number of esters is 2. The number of benzene rings is 2. The third-order valence-electron chi connectivity index (χ3n) is 13.1. The smallest absolute Gasteiger partial charge is 0.321 e. The molecule has 6 heterocycles. The van der Waals surface area contributed by atoms with Gasteiger partial charge in [-0.2, -0.15) is 0 Å². The Morgan fingerprint density at radius 3 is 1.77 bits per heavy atom. The average molecular weight is 601 g/mol. The maximum absolute atomic E-state index is 14.6. The summed E-state index contributed by atoms with van der Waals surface area (Å²) in [6, 6.07) is 19.5. The van der Waals surface area contributed by atoms with Crippen LogP contribution in [0.4, 0.5) is 0 Å². The molecule has 0 spiro atoms. The zero-order valence-electron chi connectivity index (χ0n) is 26.1. The molecule has 44 heavy (non-hydrogen) atoms. The van der Waals surface area contributed by atoms with E-state index in [9.17, 15) is 9.59 Å². The molecule has 0 amide bonds. The van der Waals surface area contributed by atoms with Crippen molar-refractivity contribution < 1.29 is 37.5 Å².